The van der Waals surface area contributed by atoms with Gasteiger partial charge in [-0.3, -0.25) is 9.59 Å². The van der Waals surface area contributed by atoms with Gasteiger partial charge in [0.1, 0.15) is 12.4 Å². The molecule has 0 fully saturated rings. The summed E-state index contributed by atoms with van der Waals surface area (Å²) in [5.74, 6) is -0.337. The van der Waals surface area contributed by atoms with Crippen LogP contribution in [0.1, 0.15) is 6.92 Å². The van der Waals surface area contributed by atoms with Gasteiger partial charge in [0.05, 0.1) is 25.4 Å². The first-order valence-electron chi connectivity index (χ1n) is 6.83. The molecule has 0 bridgehead atoms. The predicted octanol–water partition coefficient (Wildman–Crippen LogP) is 1.19. The lowest BCUT2D eigenvalue weighted by Crippen LogP contribution is -2.36. The summed E-state index contributed by atoms with van der Waals surface area (Å²) in [4.78, 5) is 22.8. The Kier molecular flexibility index (Phi) is 11.2. The smallest absolute Gasteiger partial charge is 0.243 e. The van der Waals surface area contributed by atoms with E-state index < -0.39 is 11.8 Å². The highest BCUT2D eigenvalue weighted by molar-refractivity contribution is 6.31. The van der Waals surface area contributed by atoms with Crippen molar-refractivity contribution in [3.8, 4) is 5.75 Å². The van der Waals surface area contributed by atoms with Crippen molar-refractivity contribution in [3.63, 3.8) is 0 Å². The van der Waals surface area contributed by atoms with Gasteiger partial charge in [-0.1, -0.05) is 11.6 Å². The lowest BCUT2D eigenvalue weighted by Gasteiger charge is -2.13. The fourth-order valence-corrected chi connectivity index (χ4v) is 1.70. The Morgan fingerprint density at radius 3 is 2.65 bits per heavy atom. The van der Waals surface area contributed by atoms with Crippen molar-refractivity contribution in [3.05, 3.63) is 23.2 Å². The molecule has 23 heavy (non-hydrogen) atoms. The fourth-order valence-electron chi connectivity index (χ4n) is 1.53. The number of carbonyl (C=O) groups is 2. The molecule has 1 rings (SSSR count). The second-order valence-electron chi connectivity index (χ2n) is 4.21. The highest BCUT2D eigenvalue weighted by atomic mass is 35.5. The lowest BCUT2D eigenvalue weighted by atomic mass is 10.3. The van der Waals surface area contributed by atoms with E-state index in [0.29, 0.717) is 36.3 Å². The first-order valence-corrected chi connectivity index (χ1v) is 7.21. The number of amides is 2. The minimum absolute atomic E-state index is 0. The molecule has 0 aliphatic heterocycles. The van der Waals surface area contributed by atoms with Crippen LogP contribution in [0, 0.1) is 0 Å². The molecule has 0 saturated heterocycles. The van der Waals surface area contributed by atoms with Crippen LogP contribution in [0.3, 0.4) is 0 Å². The zero-order chi connectivity index (χ0) is 16.4. The average molecular weight is 366 g/mol. The van der Waals surface area contributed by atoms with E-state index in [1.54, 1.807) is 18.2 Å². The maximum Gasteiger partial charge on any atom is 0.243 e. The second kappa shape index (κ2) is 12.0. The van der Waals surface area contributed by atoms with Crippen LogP contribution in [-0.4, -0.2) is 44.7 Å². The van der Waals surface area contributed by atoms with Gasteiger partial charge < -0.3 is 25.8 Å². The predicted molar refractivity (Wildman–Crippen MR) is 91.4 cm³/mol. The molecule has 0 radical (unpaired) electrons. The summed E-state index contributed by atoms with van der Waals surface area (Å²) in [6, 6.07) is 4.88. The summed E-state index contributed by atoms with van der Waals surface area (Å²) in [5, 5.41) is 5.46. The zero-order valence-corrected chi connectivity index (χ0v) is 14.3. The molecule has 130 valence electrons. The topological polar surface area (TPSA) is 103 Å². The maximum atomic E-state index is 11.8. The van der Waals surface area contributed by atoms with E-state index in [1.165, 1.54) is 0 Å². The van der Waals surface area contributed by atoms with Gasteiger partial charge in [0.2, 0.25) is 11.8 Å². The molecule has 1 aromatic carbocycles. The minimum atomic E-state index is -0.408. The van der Waals surface area contributed by atoms with Crippen LogP contribution < -0.4 is 21.1 Å². The van der Waals surface area contributed by atoms with Gasteiger partial charge in [-0.05, 0) is 25.1 Å². The Balaban J connectivity index is 0.00000484. The number of hydrogen-bond donors (Lipinski definition) is 3. The Labute approximate surface area is 146 Å². The van der Waals surface area contributed by atoms with Gasteiger partial charge in [-0.2, -0.15) is 0 Å². The van der Waals surface area contributed by atoms with Crippen LogP contribution in [0.2, 0.25) is 5.02 Å². The van der Waals surface area contributed by atoms with Crippen LogP contribution in [0.15, 0.2) is 18.2 Å². The summed E-state index contributed by atoms with van der Waals surface area (Å²) in [6.45, 7) is 2.94. The van der Waals surface area contributed by atoms with Gasteiger partial charge in [-0.15, -0.1) is 12.4 Å². The summed E-state index contributed by atoms with van der Waals surface area (Å²) in [6.07, 6.45) is 0. The Morgan fingerprint density at radius 1 is 1.26 bits per heavy atom. The minimum Gasteiger partial charge on any atom is -0.489 e. The highest BCUT2D eigenvalue weighted by Crippen LogP contribution is 2.27. The lowest BCUT2D eigenvalue weighted by molar-refractivity contribution is -0.123. The molecule has 0 aromatic heterocycles. The third kappa shape index (κ3) is 8.61. The molecule has 9 heteroatoms. The average Bonchev–Trinajstić information content (AvgIpc) is 2.51. The van der Waals surface area contributed by atoms with Crippen LogP contribution >= 0.6 is 24.0 Å². The molecule has 0 saturated carbocycles. The molecule has 0 aliphatic carbocycles. The van der Waals surface area contributed by atoms with Crippen molar-refractivity contribution in [1.82, 2.24) is 5.32 Å². The molecule has 0 heterocycles. The molecule has 4 N–H and O–H groups in total. The third-order valence-corrected chi connectivity index (χ3v) is 2.77. The second-order valence-corrected chi connectivity index (χ2v) is 4.65. The molecule has 1 aromatic rings. The Hall–Kier alpha value is -1.54. The van der Waals surface area contributed by atoms with E-state index in [2.05, 4.69) is 10.6 Å². The van der Waals surface area contributed by atoms with Gasteiger partial charge in [0.25, 0.3) is 0 Å². The van der Waals surface area contributed by atoms with E-state index in [9.17, 15) is 9.59 Å². The van der Waals surface area contributed by atoms with Crippen LogP contribution in [0.5, 0.6) is 5.75 Å². The van der Waals surface area contributed by atoms with E-state index in [1.807, 2.05) is 6.92 Å². The van der Waals surface area contributed by atoms with Gasteiger partial charge >= 0.3 is 0 Å². The van der Waals surface area contributed by atoms with Crippen LogP contribution in [-0.2, 0) is 14.3 Å². The number of halogens is 2. The third-order valence-electron chi connectivity index (χ3n) is 2.54. The van der Waals surface area contributed by atoms with Gasteiger partial charge in [0, 0.05) is 11.6 Å². The SMILES string of the molecule is CCOCCOc1ccc(Cl)cc1NC(=O)CNC(=O)CN.Cl. The number of anilines is 1. The highest BCUT2D eigenvalue weighted by Gasteiger charge is 2.10. The number of benzene rings is 1. The van der Waals surface area contributed by atoms with Crippen molar-refractivity contribution in [2.45, 2.75) is 6.92 Å². The summed E-state index contributed by atoms with van der Waals surface area (Å²) in [5.41, 5.74) is 5.57. The molecule has 0 spiro atoms. The van der Waals surface area contributed by atoms with E-state index in [4.69, 9.17) is 26.8 Å². The van der Waals surface area contributed by atoms with Crippen LogP contribution in [0.25, 0.3) is 0 Å². The molecular formula is C14H21Cl2N3O4. The number of ether oxygens (including phenoxy) is 2. The standard InChI is InChI=1S/C14H20ClN3O4.ClH/c1-2-21-5-6-22-12-4-3-10(15)7-11(12)18-14(20)9-17-13(19)8-16;/h3-4,7H,2,5-6,8-9,16H2,1H3,(H,17,19)(H,18,20);1H. The Bertz CT molecular complexity index is 515. The molecule has 2 amide bonds. The van der Waals surface area contributed by atoms with Crippen molar-refractivity contribution >= 4 is 41.5 Å². The number of carbonyl (C=O) groups excluding carboxylic acids is 2. The van der Waals surface area contributed by atoms with Crippen LogP contribution in [0.4, 0.5) is 5.69 Å². The fraction of sp³-hybridized carbons (Fsp3) is 0.429. The van der Waals surface area contributed by atoms with Crippen molar-refractivity contribution in [2.75, 3.05) is 38.2 Å². The van der Waals surface area contributed by atoms with Crippen molar-refractivity contribution in [2.24, 2.45) is 5.73 Å². The van der Waals surface area contributed by atoms with Crippen molar-refractivity contribution in [1.29, 1.82) is 0 Å². The normalized spacial score (nSPS) is 9.70. The molecule has 7 nitrogen and oxygen atoms in total. The first kappa shape index (κ1) is 21.5. The quantitative estimate of drug-likeness (QED) is 0.570. The maximum absolute atomic E-state index is 11.8. The van der Waals surface area contributed by atoms with E-state index in [0.717, 1.165) is 0 Å². The van der Waals surface area contributed by atoms with Crippen molar-refractivity contribution < 1.29 is 19.1 Å². The first-order chi connectivity index (χ1) is 10.6. The van der Waals surface area contributed by atoms with Gasteiger partial charge in [0.15, 0.2) is 0 Å². The zero-order valence-electron chi connectivity index (χ0n) is 12.8. The molecular weight excluding hydrogens is 345 g/mol. The number of rotatable bonds is 9. The van der Waals surface area contributed by atoms with E-state index in [-0.39, 0.29) is 25.5 Å². The van der Waals surface area contributed by atoms with E-state index >= 15 is 0 Å². The number of nitrogens with one attached hydrogen (secondary N) is 2. The molecule has 0 unspecified atom stereocenters. The molecule has 0 aliphatic rings. The summed E-state index contributed by atoms with van der Waals surface area (Å²) in [7, 11) is 0. The number of hydrogen-bond acceptors (Lipinski definition) is 5. The largest absolute Gasteiger partial charge is 0.489 e. The van der Waals surface area contributed by atoms with Gasteiger partial charge in [-0.25, -0.2) is 0 Å². The summed E-state index contributed by atoms with van der Waals surface area (Å²) < 4.78 is 10.7. The molecule has 0 atom stereocenters. The Morgan fingerprint density at radius 2 is 2.00 bits per heavy atom. The number of nitrogens with two attached hydrogens (primary N) is 1. The summed E-state index contributed by atoms with van der Waals surface area (Å²) >= 11 is 5.92. The monoisotopic (exact) mass is 365 g/mol.